The van der Waals surface area contributed by atoms with E-state index in [1.165, 1.54) is 5.69 Å². The molecule has 0 unspecified atom stereocenters. The molecule has 2 amide bonds. The van der Waals surface area contributed by atoms with Gasteiger partial charge in [-0.3, -0.25) is 15.0 Å². The van der Waals surface area contributed by atoms with Gasteiger partial charge in [0.2, 0.25) is 0 Å². The number of pyridine rings is 3. The number of aromatic nitrogens is 3. The number of ether oxygens (including phenoxy) is 2. The van der Waals surface area contributed by atoms with E-state index in [-0.39, 0.29) is 24.3 Å². The molecule has 14 heteroatoms. The maximum Gasteiger partial charge on any atom is 0.407 e. The van der Waals surface area contributed by atoms with Crippen molar-refractivity contribution in [3.8, 4) is 0 Å². The van der Waals surface area contributed by atoms with E-state index in [0.717, 1.165) is 88.0 Å². The fourth-order valence-corrected chi connectivity index (χ4v) is 6.05. The number of carbonyl (C=O) groups is 2. The van der Waals surface area contributed by atoms with Crippen molar-refractivity contribution in [3.05, 3.63) is 78.1 Å². The zero-order valence-electron chi connectivity index (χ0n) is 33.0. The third-order valence-electron chi connectivity index (χ3n) is 8.46. The lowest BCUT2D eigenvalue weighted by atomic mass is 10.0. The Hall–Kier alpha value is -4.01. The van der Waals surface area contributed by atoms with Gasteiger partial charge >= 0.3 is 12.2 Å². The van der Waals surface area contributed by atoms with E-state index < -0.39 is 11.2 Å². The second-order valence-corrected chi connectivity index (χ2v) is 16.4. The first-order chi connectivity index (χ1) is 25.7. The van der Waals surface area contributed by atoms with Crippen LogP contribution in [0.15, 0.2) is 78.1 Å². The van der Waals surface area contributed by atoms with Crippen LogP contribution in [0.25, 0.3) is 0 Å². The monoisotopic (exact) mass is 811 g/mol. The average molecular weight is 813 g/mol. The van der Waals surface area contributed by atoms with Gasteiger partial charge in [-0.2, -0.15) is 0 Å². The summed E-state index contributed by atoms with van der Waals surface area (Å²) in [6.07, 6.45) is 16.2. The molecule has 3 saturated heterocycles. The minimum atomic E-state index is -0.444. The summed E-state index contributed by atoms with van der Waals surface area (Å²) in [5.41, 5.74) is 7.34. The number of alkyl carbamates (subject to hydrolysis) is 2. The van der Waals surface area contributed by atoms with E-state index in [9.17, 15) is 9.59 Å². The van der Waals surface area contributed by atoms with Crippen LogP contribution in [0.5, 0.6) is 0 Å². The van der Waals surface area contributed by atoms with Crippen molar-refractivity contribution in [2.24, 2.45) is 5.73 Å². The minimum absolute atomic E-state index is 0.192. The zero-order chi connectivity index (χ0) is 39.4. The van der Waals surface area contributed by atoms with Crippen LogP contribution in [0.4, 0.5) is 21.0 Å². The van der Waals surface area contributed by atoms with Gasteiger partial charge in [0.15, 0.2) is 0 Å². The molecular weight excluding hydrogens is 750 g/mol. The van der Waals surface area contributed by atoms with Crippen molar-refractivity contribution in [2.45, 2.75) is 109 Å². The fourth-order valence-electron chi connectivity index (χ4n) is 5.78. The summed E-state index contributed by atoms with van der Waals surface area (Å²) in [7, 11) is 0. The van der Waals surface area contributed by atoms with E-state index in [1.807, 2.05) is 78.2 Å². The number of hydrogen-bond donors (Lipinski definition) is 4. The first-order valence-electron chi connectivity index (χ1n) is 19.0. The second-order valence-electron chi connectivity index (χ2n) is 15.5. The van der Waals surface area contributed by atoms with Crippen molar-refractivity contribution in [3.63, 3.8) is 0 Å². The highest BCUT2D eigenvalue weighted by molar-refractivity contribution is 9.10. The lowest BCUT2D eigenvalue weighted by molar-refractivity contribution is 0.0484. The molecule has 13 nitrogen and oxygen atoms in total. The molecule has 54 heavy (non-hydrogen) atoms. The third kappa shape index (κ3) is 19.4. The average Bonchev–Trinajstić information content (AvgIpc) is 3.13. The summed E-state index contributed by atoms with van der Waals surface area (Å²) < 4.78 is 11.5. The Morgan fingerprint density at radius 2 is 1.09 bits per heavy atom. The number of rotatable bonds is 4. The van der Waals surface area contributed by atoms with E-state index in [1.54, 1.807) is 24.8 Å². The molecule has 0 aliphatic carbocycles. The SMILES string of the molecule is Brc1cccnc1.CC(C)(C)OC(=O)NC1CCN(c2cccnc2)CC1.CC(C)(C)OC(=O)NC1CCNCC1.NC1CCN(c2cccnc2)CC1. The summed E-state index contributed by atoms with van der Waals surface area (Å²) >= 11 is 3.25. The Morgan fingerprint density at radius 3 is 1.44 bits per heavy atom. The van der Waals surface area contributed by atoms with Gasteiger partial charge in [-0.05, 0) is 145 Å². The number of piperidine rings is 3. The molecule has 3 fully saturated rings. The topological polar surface area (TPSA) is 160 Å². The molecule has 6 heterocycles. The Morgan fingerprint density at radius 1 is 0.685 bits per heavy atom. The third-order valence-corrected chi connectivity index (χ3v) is 8.93. The lowest BCUT2D eigenvalue weighted by Gasteiger charge is -2.34. The molecule has 6 rings (SSSR count). The van der Waals surface area contributed by atoms with Crippen LogP contribution in [0, 0.1) is 0 Å². The van der Waals surface area contributed by atoms with Gasteiger partial charge in [-0.15, -0.1) is 0 Å². The lowest BCUT2D eigenvalue weighted by Crippen LogP contribution is -2.46. The van der Waals surface area contributed by atoms with Gasteiger partial charge < -0.3 is 41.0 Å². The van der Waals surface area contributed by atoms with Crippen LogP contribution >= 0.6 is 15.9 Å². The molecule has 0 atom stereocenters. The molecular formula is C40H62BrN9O4. The standard InChI is InChI=1S/C15H23N3O2.C10H15N3.C10H20N2O2.C5H4BrN/c1-15(2,3)20-14(19)17-12-6-9-18(10-7-12)13-5-4-8-16-11-13;11-9-3-6-13(7-4-9)10-2-1-5-12-8-10;1-10(2,3)14-9(13)12-8-4-6-11-7-5-8;6-5-2-1-3-7-4-5/h4-5,8,11-12H,6-7,9-10H2,1-3H3,(H,17,19);1-2,5,8-9H,3-4,6-7,11H2;8,11H,4-7H2,1-3H3,(H,12,13);1-4H. The van der Waals surface area contributed by atoms with E-state index in [0.29, 0.717) is 6.04 Å². The predicted molar refractivity (Wildman–Crippen MR) is 220 cm³/mol. The Labute approximate surface area is 330 Å². The van der Waals surface area contributed by atoms with Crippen LogP contribution in [0.3, 0.4) is 0 Å². The molecule has 0 spiro atoms. The maximum atomic E-state index is 11.7. The number of nitrogens with zero attached hydrogens (tertiary/aromatic N) is 5. The van der Waals surface area contributed by atoms with Crippen molar-refractivity contribution < 1.29 is 19.1 Å². The van der Waals surface area contributed by atoms with Crippen LogP contribution in [-0.4, -0.2) is 95.7 Å². The van der Waals surface area contributed by atoms with Crippen LogP contribution < -0.4 is 31.5 Å². The normalized spacial score (nSPS) is 16.9. The summed E-state index contributed by atoms with van der Waals surface area (Å²) in [5, 5.41) is 9.06. The first kappa shape index (κ1) is 44.4. The summed E-state index contributed by atoms with van der Waals surface area (Å²) in [6.45, 7) is 17.1. The van der Waals surface area contributed by atoms with Crippen molar-refractivity contribution in [2.75, 3.05) is 49.1 Å². The van der Waals surface area contributed by atoms with Gasteiger partial charge in [-0.1, -0.05) is 0 Å². The van der Waals surface area contributed by atoms with Crippen LogP contribution in [0.2, 0.25) is 0 Å². The Balaban J connectivity index is 0.000000204. The summed E-state index contributed by atoms with van der Waals surface area (Å²) in [6, 6.07) is 12.8. The van der Waals surface area contributed by atoms with Gasteiger partial charge in [0.05, 0.1) is 23.8 Å². The van der Waals surface area contributed by atoms with Gasteiger partial charge in [0.1, 0.15) is 11.2 Å². The number of anilines is 2. The van der Waals surface area contributed by atoms with Crippen LogP contribution in [0.1, 0.15) is 80.1 Å². The molecule has 3 aromatic heterocycles. The highest BCUT2D eigenvalue weighted by Crippen LogP contribution is 2.20. The predicted octanol–water partition coefficient (Wildman–Crippen LogP) is 6.69. The van der Waals surface area contributed by atoms with Crippen molar-refractivity contribution >= 4 is 39.5 Å². The largest absolute Gasteiger partial charge is 0.444 e. The minimum Gasteiger partial charge on any atom is -0.444 e. The molecule has 0 aromatic carbocycles. The zero-order valence-corrected chi connectivity index (χ0v) is 34.6. The smallest absolute Gasteiger partial charge is 0.407 e. The fraction of sp³-hybridized carbons (Fsp3) is 0.575. The number of amides is 2. The summed E-state index contributed by atoms with van der Waals surface area (Å²) in [4.78, 5) is 39.8. The quantitative estimate of drug-likeness (QED) is 0.222. The van der Waals surface area contributed by atoms with E-state index >= 15 is 0 Å². The second kappa shape index (κ2) is 23.0. The van der Waals surface area contributed by atoms with Gasteiger partial charge in [-0.25, -0.2) is 9.59 Å². The number of hydrogen-bond acceptors (Lipinski definition) is 11. The van der Waals surface area contributed by atoms with Crippen LogP contribution in [-0.2, 0) is 9.47 Å². The molecule has 0 bridgehead atoms. The molecule has 298 valence electrons. The number of nitrogens with two attached hydrogens (primary N) is 1. The van der Waals surface area contributed by atoms with Gasteiger partial charge in [0.25, 0.3) is 0 Å². The Bertz CT molecular complexity index is 1460. The maximum absolute atomic E-state index is 11.7. The molecule has 3 aromatic rings. The molecule has 5 N–H and O–H groups in total. The molecule has 3 aliphatic rings. The highest BCUT2D eigenvalue weighted by atomic mass is 79.9. The number of carbonyl (C=O) groups excluding carboxylic acids is 2. The molecule has 3 aliphatic heterocycles. The van der Waals surface area contributed by atoms with Crippen molar-refractivity contribution in [1.82, 2.24) is 30.9 Å². The summed E-state index contributed by atoms with van der Waals surface area (Å²) in [5.74, 6) is 0. The molecule has 0 saturated carbocycles. The first-order valence-corrected chi connectivity index (χ1v) is 19.8. The van der Waals surface area contributed by atoms with E-state index in [4.69, 9.17) is 15.2 Å². The van der Waals surface area contributed by atoms with Gasteiger partial charge in [0, 0.05) is 73.6 Å². The van der Waals surface area contributed by atoms with Crippen molar-refractivity contribution in [1.29, 1.82) is 0 Å². The highest BCUT2D eigenvalue weighted by Gasteiger charge is 2.24. The number of nitrogens with one attached hydrogen (secondary N) is 3. The Kier molecular flexibility index (Phi) is 18.9. The van der Waals surface area contributed by atoms with E-state index in [2.05, 4.69) is 68.8 Å². The molecule has 0 radical (unpaired) electrons. The number of halogens is 1.